The maximum absolute atomic E-state index is 11.6. The molecule has 27 heavy (non-hydrogen) atoms. The third kappa shape index (κ3) is 3.93. The summed E-state index contributed by atoms with van der Waals surface area (Å²) in [5.74, 6) is -0.283. The number of carboxylic acid groups (broad SMARTS) is 1. The van der Waals surface area contributed by atoms with Crippen LogP contribution in [-0.4, -0.2) is 42.4 Å². The number of nitrogens with one attached hydrogen (secondary N) is 1. The van der Waals surface area contributed by atoms with Gasteiger partial charge in [0.1, 0.15) is 11.6 Å². The van der Waals surface area contributed by atoms with Crippen LogP contribution in [0, 0.1) is 0 Å². The van der Waals surface area contributed by atoms with E-state index < -0.39 is 16.0 Å². The van der Waals surface area contributed by atoms with Gasteiger partial charge in [0.15, 0.2) is 0 Å². The summed E-state index contributed by atoms with van der Waals surface area (Å²) in [5.41, 5.74) is 1.43. The molecule has 1 aromatic heterocycles. The normalized spacial score (nSPS) is 11.2. The van der Waals surface area contributed by atoms with Crippen LogP contribution in [0.3, 0.4) is 0 Å². The number of nitrogens with zero attached hydrogens (tertiary/aromatic N) is 2. The predicted octanol–water partition coefficient (Wildman–Crippen LogP) is 2.62. The van der Waals surface area contributed by atoms with Crippen molar-refractivity contribution in [1.82, 2.24) is 9.55 Å². The standard InChI is InChI=1S/C18H17N3O5S/c1-26-16-8-7-12(11-15(16)20-27(2,24)25)21-10-9-19-17(21)13-5-3-4-6-14(13)18(22)23/h3-11,20H,1-2H3,(H,22,23). The Balaban J connectivity index is 2.14. The molecule has 0 atom stereocenters. The molecule has 2 aromatic carbocycles. The Morgan fingerprint density at radius 3 is 2.63 bits per heavy atom. The molecule has 0 radical (unpaired) electrons. The quantitative estimate of drug-likeness (QED) is 0.673. The van der Waals surface area contributed by atoms with Gasteiger partial charge in [0.25, 0.3) is 0 Å². The molecule has 0 saturated carbocycles. The summed E-state index contributed by atoms with van der Waals surface area (Å²) in [6, 6.07) is 11.5. The van der Waals surface area contributed by atoms with Gasteiger partial charge in [0.2, 0.25) is 10.0 Å². The van der Waals surface area contributed by atoms with Gasteiger partial charge >= 0.3 is 5.97 Å². The first-order valence-electron chi connectivity index (χ1n) is 7.82. The minimum Gasteiger partial charge on any atom is -0.495 e. The lowest BCUT2D eigenvalue weighted by Crippen LogP contribution is -2.11. The van der Waals surface area contributed by atoms with Gasteiger partial charge < -0.3 is 9.84 Å². The van der Waals surface area contributed by atoms with E-state index in [9.17, 15) is 18.3 Å². The first-order valence-corrected chi connectivity index (χ1v) is 9.71. The van der Waals surface area contributed by atoms with Gasteiger partial charge in [-0.05, 0) is 24.3 Å². The van der Waals surface area contributed by atoms with Gasteiger partial charge in [-0.3, -0.25) is 9.29 Å². The molecule has 2 N–H and O–H groups in total. The van der Waals surface area contributed by atoms with E-state index in [0.717, 1.165) is 6.26 Å². The fraction of sp³-hybridized carbons (Fsp3) is 0.111. The van der Waals surface area contributed by atoms with Crippen LogP contribution in [-0.2, 0) is 10.0 Å². The predicted molar refractivity (Wildman–Crippen MR) is 101 cm³/mol. The van der Waals surface area contributed by atoms with Crippen molar-refractivity contribution in [3.8, 4) is 22.8 Å². The van der Waals surface area contributed by atoms with Crippen LogP contribution >= 0.6 is 0 Å². The molecule has 1 heterocycles. The first-order chi connectivity index (χ1) is 12.8. The smallest absolute Gasteiger partial charge is 0.336 e. The Morgan fingerprint density at radius 2 is 1.96 bits per heavy atom. The molecule has 0 spiro atoms. The Labute approximate surface area is 156 Å². The van der Waals surface area contributed by atoms with Gasteiger partial charge in [0.05, 0.1) is 24.6 Å². The monoisotopic (exact) mass is 387 g/mol. The van der Waals surface area contributed by atoms with E-state index in [1.54, 1.807) is 53.4 Å². The number of hydrogen-bond donors (Lipinski definition) is 2. The van der Waals surface area contributed by atoms with Crippen LogP contribution in [0.1, 0.15) is 10.4 Å². The molecule has 0 unspecified atom stereocenters. The zero-order valence-corrected chi connectivity index (χ0v) is 15.4. The number of methoxy groups -OCH3 is 1. The van der Waals surface area contributed by atoms with Crippen molar-refractivity contribution in [2.75, 3.05) is 18.1 Å². The number of carbonyl (C=O) groups is 1. The minimum atomic E-state index is -3.51. The van der Waals surface area contributed by atoms with Crippen molar-refractivity contribution in [3.05, 3.63) is 60.4 Å². The van der Waals surface area contributed by atoms with Crippen LogP contribution in [0.25, 0.3) is 17.1 Å². The molecule has 0 aliphatic carbocycles. The van der Waals surface area contributed by atoms with Gasteiger partial charge in [-0.1, -0.05) is 18.2 Å². The molecule has 0 bridgehead atoms. The molecular weight excluding hydrogens is 370 g/mol. The van der Waals surface area contributed by atoms with Crippen molar-refractivity contribution in [1.29, 1.82) is 0 Å². The zero-order chi connectivity index (χ0) is 19.6. The molecule has 0 amide bonds. The summed E-state index contributed by atoms with van der Waals surface area (Å²) in [7, 11) is -2.07. The highest BCUT2D eigenvalue weighted by Crippen LogP contribution is 2.31. The molecule has 0 aliphatic rings. The van der Waals surface area contributed by atoms with Crippen molar-refractivity contribution in [2.45, 2.75) is 0 Å². The minimum absolute atomic E-state index is 0.118. The maximum Gasteiger partial charge on any atom is 0.336 e. The summed E-state index contributed by atoms with van der Waals surface area (Å²) in [6.45, 7) is 0. The molecule has 3 rings (SSSR count). The van der Waals surface area contributed by atoms with Crippen molar-refractivity contribution in [2.24, 2.45) is 0 Å². The number of rotatable bonds is 6. The number of carboxylic acids is 1. The highest BCUT2D eigenvalue weighted by Gasteiger charge is 2.17. The van der Waals surface area contributed by atoms with Crippen molar-refractivity contribution in [3.63, 3.8) is 0 Å². The summed E-state index contributed by atoms with van der Waals surface area (Å²) in [5, 5.41) is 9.44. The average molecular weight is 387 g/mol. The van der Waals surface area contributed by atoms with Crippen LogP contribution in [0.2, 0.25) is 0 Å². The molecule has 0 fully saturated rings. The van der Waals surface area contributed by atoms with E-state index in [2.05, 4.69) is 9.71 Å². The van der Waals surface area contributed by atoms with E-state index >= 15 is 0 Å². The lowest BCUT2D eigenvalue weighted by molar-refractivity contribution is 0.0697. The largest absolute Gasteiger partial charge is 0.495 e. The first kappa shape index (κ1) is 18.5. The van der Waals surface area contributed by atoms with E-state index in [-0.39, 0.29) is 11.3 Å². The number of benzene rings is 2. The number of anilines is 1. The Morgan fingerprint density at radius 1 is 1.22 bits per heavy atom. The summed E-state index contributed by atoms with van der Waals surface area (Å²) in [6.07, 6.45) is 4.26. The van der Waals surface area contributed by atoms with Gasteiger partial charge in [-0.15, -0.1) is 0 Å². The number of sulfonamides is 1. The molecule has 3 aromatic rings. The van der Waals surface area contributed by atoms with Crippen molar-refractivity contribution >= 4 is 21.7 Å². The molecule has 0 aliphatic heterocycles. The molecule has 140 valence electrons. The number of ether oxygens (including phenoxy) is 1. The lowest BCUT2D eigenvalue weighted by Gasteiger charge is -2.14. The van der Waals surface area contributed by atoms with Crippen LogP contribution in [0.5, 0.6) is 5.75 Å². The second kappa shape index (κ2) is 7.12. The van der Waals surface area contributed by atoms with Gasteiger partial charge in [-0.25, -0.2) is 18.2 Å². The van der Waals surface area contributed by atoms with Crippen LogP contribution < -0.4 is 9.46 Å². The fourth-order valence-corrected chi connectivity index (χ4v) is 3.26. The van der Waals surface area contributed by atoms with E-state index in [1.807, 2.05) is 0 Å². The highest BCUT2D eigenvalue weighted by molar-refractivity contribution is 7.92. The van der Waals surface area contributed by atoms with Gasteiger partial charge in [-0.2, -0.15) is 0 Å². The SMILES string of the molecule is COc1ccc(-n2ccnc2-c2ccccc2C(=O)O)cc1NS(C)(=O)=O. The number of aromatic carboxylic acids is 1. The summed E-state index contributed by atoms with van der Waals surface area (Å²) in [4.78, 5) is 15.8. The zero-order valence-electron chi connectivity index (χ0n) is 14.6. The summed E-state index contributed by atoms with van der Waals surface area (Å²) < 4.78 is 32.5. The Kier molecular flexibility index (Phi) is 4.87. The van der Waals surface area contributed by atoms with E-state index in [4.69, 9.17) is 4.74 Å². The molecule has 8 nitrogen and oxygen atoms in total. The second-order valence-corrected chi connectivity index (χ2v) is 7.48. The van der Waals surface area contributed by atoms with Crippen LogP contribution in [0.15, 0.2) is 54.9 Å². The lowest BCUT2D eigenvalue weighted by atomic mass is 10.1. The second-order valence-electron chi connectivity index (χ2n) is 5.73. The van der Waals surface area contributed by atoms with E-state index in [0.29, 0.717) is 22.8 Å². The Bertz CT molecular complexity index is 1110. The third-order valence-corrected chi connectivity index (χ3v) is 4.39. The summed E-state index contributed by atoms with van der Waals surface area (Å²) >= 11 is 0. The van der Waals surface area contributed by atoms with Gasteiger partial charge in [0, 0.05) is 23.6 Å². The number of imidazole rings is 1. The molecule has 9 heteroatoms. The average Bonchev–Trinajstić information content (AvgIpc) is 3.09. The Hall–Kier alpha value is -3.33. The topological polar surface area (TPSA) is 111 Å². The maximum atomic E-state index is 11.6. The highest BCUT2D eigenvalue weighted by atomic mass is 32.2. The fourth-order valence-electron chi connectivity index (χ4n) is 2.70. The molecular formula is C18H17N3O5S. The van der Waals surface area contributed by atoms with E-state index in [1.165, 1.54) is 13.2 Å². The molecule has 0 saturated heterocycles. The third-order valence-electron chi connectivity index (χ3n) is 3.80. The number of hydrogen-bond acceptors (Lipinski definition) is 5. The van der Waals surface area contributed by atoms with Crippen molar-refractivity contribution < 1.29 is 23.1 Å². The van der Waals surface area contributed by atoms with Crippen LogP contribution in [0.4, 0.5) is 5.69 Å². The number of aromatic nitrogens is 2.